The number of ether oxygens (including phenoxy) is 2. The van der Waals surface area contributed by atoms with Crippen molar-refractivity contribution in [1.29, 1.82) is 0 Å². The van der Waals surface area contributed by atoms with Crippen LogP contribution in [0.5, 0.6) is 0 Å². The van der Waals surface area contributed by atoms with Crippen LogP contribution in [0.25, 0.3) is 11.5 Å². The number of rotatable bonds is 9. The highest BCUT2D eigenvalue weighted by Gasteiger charge is 2.25. The third-order valence-corrected chi connectivity index (χ3v) is 5.56. The summed E-state index contributed by atoms with van der Waals surface area (Å²) in [5.41, 5.74) is 2.99. The van der Waals surface area contributed by atoms with Crippen LogP contribution in [0.1, 0.15) is 56.0 Å². The van der Waals surface area contributed by atoms with E-state index in [4.69, 9.17) is 19.0 Å². The molecule has 3 atom stereocenters. The molecular weight excluding hydrogens is 370 g/mol. The van der Waals surface area contributed by atoms with Crippen LogP contribution in [0, 0.1) is 19.8 Å². The van der Waals surface area contributed by atoms with E-state index < -0.39 is 12.1 Å². The summed E-state index contributed by atoms with van der Waals surface area (Å²) in [5, 5.41) is 9.12. The highest BCUT2D eigenvalue weighted by molar-refractivity contribution is 5.72. The number of hydrogen-bond acceptors (Lipinski definition) is 5. The molecule has 6 heteroatoms. The second-order valence-corrected chi connectivity index (χ2v) is 7.92. The van der Waals surface area contributed by atoms with Gasteiger partial charge in [-0.2, -0.15) is 0 Å². The maximum atomic E-state index is 11.1. The fourth-order valence-corrected chi connectivity index (χ4v) is 3.74. The summed E-state index contributed by atoms with van der Waals surface area (Å²) >= 11 is 0. The van der Waals surface area contributed by atoms with Gasteiger partial charge in [0.05, 0.1) is 19.3 Å². The van der Waals surface area contributed by atoms with Crippen molar-refractivity contribution < 1.29 is 23.8 Å². The molecule has 0 amide bonds. The van der Waals surface area contributed by atoms with Crippen molar-refractivity contribution in [2.24, 2.45) is 5.92 Å². The van der Waals surface area contributed by atoms with Gasteiger partial charge < -0.3 is 19.0 Å². The van der Waals surface area contributed by atoms with E-state index in [1.807, 2.05) is 38.1 Å². The first-order valence-electron chi connectivity index (χ1n) is 10.5. The summed E-state index contributed by atoms with van der Waals surface area (Å²) in [6.07, 6.45) is 3.92. The zero-order valence-electron chi connectivity index (χ0n) is 17.5. The van der Waals surface area contributed by atoms with Crippen LogP contribution in [0.4, 0.5) is 0 Å². The molecular formula is C23H31NO5. The summed E-state index contributed by atoms with van der Waals surface area (Å²) in [7, 11) is 0. The fraction of sp³-hybridized carbons (Fsp3) is 0.565. The van der Waals surface area contributed by atoms with Gasteiger partial charge in [-0.15, -0.1) is 0 Å². The third kappa shape index (κ3) is 5.90. The molecule has 1 heterocycles. The number of aryl methyl sites for hydroxylation is 2. The van der Waals surface area contributed by atoms with Gasteiger partial charge in [0.25, 0.3) is 0 Å². The van der Waals surface area contributed by atoms with Crippen LogP contribution >= 0.6 is 0 Å². The quantitative estimate of drug-likeness (QED) is 0.643. The van der Waals surface area contributed by atoms with Gasteiger partial charge in [-0.25, -0.2) is 9.78 Å². The van der Waals surface area contributed by atoms with Gasteiger partial charge in [-0.05, 0) is 57.6 Å². The van der Waals surface area contributed by atoms with Crippen LogP contribution in [-0.4, -0.2) is 34.9 Å². The highest BCUT2D eigenvalue weighted by atomic mass is 16.5. The number of aliphatic carboxylic acids is 1. The van der Waals surface area contributed by atoms with E-state index in [1.54, 1.807) is 0 Å². The molecule has 3 rings (SSSR count). The van der Waals surface area contributed by atoms with Gasteiger partial charge in [0.1, 0.15) is 11.5 Å². The van der Waals surface area contributed by atoms with Gasteiger partial charge in [0, 0.05) is 5.56 Å². The van der Waals surface area contributed by atoms with Gasteiger partial charge in [0.2, 0.25) is 5.89 Å². The molecule has 0 spiro atoms. The van der Waals surface area contributed by atoms with E-state index in [-0.39, 0.29) is 6.10 Å². The van der Waals surface area contributed by atoms with Crippen molar-refractivity contribution in [3.8, 4) is 11.5 Å². The molecule has 0 radical (unpaired) electrons. The van der Waals surface area contributed by atoms with E-state index in [0.717, 1.165) is 42.7 Å². The zero-order valence-corrected chi connectivity index (χ0v) is 17.5. The van der Waals surface area contributed by atoms with Crippen molar-refractivity contribution in [3.63, 3.8) is 0 Å². The minimum atomic E-state index is -0.887. The molecule has 1 N–H and O–H groups in total. The molecule has 1 aliphatic carbocycles. The second kappa shape index (κ2) is 10.0. The highest BCUT2D eigenvalue weighted by Crippen LogP contribution is 2.29. The lowest BCUT2D eigenvalue weighted by molar-refractivity contribution is -0.152. The Balaban J connectivity index is 1.52. The van der Waals surface area contributed by atoms with E-state index in [2.05, 4.69) is 11.9 Å². The molecule has 1 aromatic heterocycles. The Kier molecular flexibility index (Phi) is 7.45. The molecule has 1 aromatic carbocycles. The van der Waals surface area contributed by atoms with E-state index in [9.17, 15) is 4.79 Å². The first kappa shape index (κ1) is 21.5. The first-order chi connectivity index (χ1) is 14.0. The Bertz CT molecular complexity index is 798. The molecule has 29 heavy (non-hydrogen) atoms. The van der Waals surface area contributed by atoms with Gasteiger partial charge in [0.15, 0.2) is 6.10 Å². The summed E-state index contributed by atoms with van der Waals surface area (Å²) < 4.78 is 17.6. The van der Waals surface area contributed by atoms with Gasteiger partial charge in [-0.3, -0.25) is 0 Å². The number of nitrogens with zero attached hydrogens (tertiary/aromatic N) is 1. The van der Waals surface area contributed by atoms with Gasteiger partial charge in [-0.1, -0.05) is 31.0 Å². The number of hydrogen-bond donors (Lipinski definition) is 1. The Morgan fingerprint density at radius 2 is 2.03 bits per heavy atom. The molecule has 0 aliphatic heterocycles. The molecule has 1 saturated carbocycles. The normalized spacial score (nSPS) is 20.5. The summed E-state index contributed by atoms with van der Waals surface area (Å²) in [6, 6.07) is 8.11. The lowest BCUT2D eigenvalue weighted by Gasteiger charge is -2.29. The molecule has 1 fully saturated rings. The number of aromatic nitrogens is 1. The lowest BCUT2D eigenvalue weighted by Crippen LogP contribution is -2.30. The molecule has 0 bridgehead atoms. The zero-order chi connectivity index (χ0) is 20.8. The first-order valence-corrected chi connectivity index (χ1v) is 10.5. The SMILES string of the molecule is CCC(OCC1CCCC(OCc2nc(-c3ccc(C)cc3)oc2C)C1)C(=O)O. The minimum Gasteiger partial charge on any atom is -0.479 e. The Morgan fingerprint density at radius 1 is 1.28 bits per heavy atom. The predicted octanol–water partition coefficient (Wildman–Crippen LogP) is 4.91. The Morgan fingerprint density at radius 3 is 2.72 bits per heavy atom. The van der Waals surface area contributed by atoms with Crippen LogP contribution < -0.4 is 0 Å². The van der Waals surface area contributed by atoms with Crippen molar-refractivity contribution in [1.82, 2.24) is 4.98 Å². The van der Waals surface area contributed by atoms with Crippen LogP contribution in [0.3, 0.4) is 0 Å². The second-order valence-electron chi connectivity index (χ2n) is 7.92. The molecule has 158 valence electrons. The number of carboxylic acid groups (broad SMARTS) is 1. The molecule has 1 aliphatic rings. The predicted molar refractivity (Wildman–Crippen MR) is 110 cm³/mol. The maximum Gasteiger partial charge on any atom is 0.332 e. The van der Waals surface area contributed by atoms with Crippen molar-refractivity contribution in [2.75, 3.05) is 6.61 Å². The smallest absolute Gasteiger partial charge is 0.332 e. The van der Waals surface area contributed by atoms with Crippen molar-refractivity contribution >= 4 is 5.97 Å². The van der Waals surface area contributed by atoms with Crippen molar-refractivity contribution in [3.05, 3.63) is 41.3 Å². The summed E-state index contributed by atoms with van der Waals surface area (Å²) in [6.45, 7) is 6.70. The number of carbonyl (C=O) groups is 1. The molecule has 3 unspecified atom stereocenters. The standard InChI is InChI=1S/C23H31NO5/c1-4-21(23(25)26)28-13-17-6-5-7-19(12-17)27-14-20-16(3)29-22(24-20)18-10-8-15(2)9-11-18/h8-11,17,19,21H,4-7,12-14H2,1-3H3,(H,25,26). The number of benzene rings is 1. The van der Waals surface area contributed by atoms with E-state index in [0.29, 0.717) is 31.4 Å². The molecule has 0 saturated heterocycles. The average Bonchev–Trinajstić information content (AvgIpc) is 3.08. The van der Waals surface area contributed by atoms with Crippen LogP contribution in [0.2, 0.25) is 0 Å². The molecule has 6 nitrogen and oxygen atoms in total. The third-order valence-electron chi connectivity index (χ3n) is 5.56. The molecule has 2 aromatic rings. The minimum absolute atomic E-state index is 0.140. The van der Waals surface area contributed by atoms with Crippen LogP contribution in [0.15, 0.2) is 28.7 Å². The van der Waals surface area contributed by atoms with Crippen molar-refractivity contribution in [2.45, 2.75) is 71.7 Å². The van der Waals surface area contributed by atoms with Crippen LogP contribution in [-0.2, 0) is 20.9 Å². The van der Waals surface area contributed by atoms with Gasteiger partial charge >= 0.3 is 5.97 Å². The largest absolute Gasteiger partial charge is 0.479 e. The van der Waals surface area contributed by atoms with E-state index in [1.165, 1.54) is 5.56 Å². The summed E-state index contributed by atoms with van der Waals surface area (Å²) in [4.78, 5) is 15.7. The average molecular weight is 402 g/mol. The lowest BCUT2D eigenvalue weighted by atomic mass is 9.87. The number of carboxylic acids is 1. The summed E-state index contributed by atoms with van der Waals surface area (Å²) in [5.74, 6) is 0.851. The van der Waals surface area contributed by atoms with E-state index >= 15 is 0 Å². The number of oxazole rings is 1. The monoisotopic (exact) mass is 401 g/mol. The topological polar surface area (TPSA) is 81.8 Å². The maximum absolute atomic E-state index is 11.1. The fourth-order valence-electron chi connectivity index (χ4n) is 3.74. The Labute approximate surface area is 172 Å². The Hall–Kier alpha value is -2.18.